The molecule has 0 amide bonds. The van der Waals surface area contributed by atoms with Crippen LogP contribution in [-0.4, -0.2) is 19.2 Å². The van der Waals surface area contributed by atoms with Gasteiger partial charge in [0.05, 0.1) is 0 Å². The molecule has 18 heavy (non-hydrogen) atoms. The van der Waals surface area contributed by atoms with Crippen molar-refractivity contribution in [3.8, 4) is 5.75 Å². The highest BCUT2D eigenvalue weighted by Crippen LogP contribution is 2.33. The van der Waals surface area contributed by atoms with E-state index >= 15 is 0 Å². The number of nitrogens with one attached hydrogen (secondary N) is 1. The van der Waals surface area contributed by atoms with E-state index in [-0.39, 0.29) is 17.8 Å². The number of halogens is 1. The molecule has 1 heterocycles. The zero-order chi connectivity index (χ0) is 12.5. The maximum Gasteiger partial charge on any atom is 0.123 e. The maximum absolute atomic E-state index is 6.13. The fourth-order valence-corrected chi connectivity index (χ4v) is 2.24. The molecule has 1 fully saturated rings. The molecule has 1 N–H and O–H groups in total. The summed E-state index contributed by atoms with van der Waals surface area (Å²) in [6.45, 7) is 10.9. The summed E-state index contributed by atoms with van der Waals surface area (Å²) >= 11 is 0. The zero-order valence-electron chi connectivity index (χ0n) is 11.7. The first-order chi connectivity index (χ1) is 7.97. The largest absolute Gasteiger partial charge is 0.489 e. The Hall–Kier alpha value is -0.730. The Balaban J connectivity index is 0.00000162. The lowest BCUT2D eigenvalue weighted by atomic mass is 9.85. The van der Waals surface area contributed by atoms with E-state index in [9.17, 15) is 0 Å². The molecule has 2 rings (SSSR count). The quantitative estimate of drug-likeness (QED) is 0.888. The van der Waals surface area contributed by atoms with Crippen molar-refractivity contribution in [2.24, 2.45) is 0 Å². The average Bonchev–Trinajstić information content (AvgIpc) is 2.72. The molecule has 3 heteroatoms. The molecule has 0 spiro atoms. The summed E-state index contributed by atoms with van der Waals surface area (Å²) < 4.78 is 6.13. The number of rotatable bonds is 2. The molecule has 0 bridgehead atoms. The monoisotopic (exact) mass is 269 g/mol. The molecule has 1 aliphatic rings. The minimum Gasteiger partial charge on any atom is -0.489 e. The van der Waals surface area contributed by atoms with E-state index in [0.717, 1.165) is 25.3 Å². The SMILES string of the molecule is Cc1ccc(OC2CCNC2)c(C(C)(C)C)c1.Cl. The fourth-order valence-electron chi connectivity index (χ4n) is 2.24. The van der Waals surface area contributed by atoms with E-state index < -0.39 is 0 Å². The van der Waals surface area contributed by atoms with Gasteiger partial charge in [-0.05, 0) is 36.9 Å². The molecule has 0 aliphatic carbocycles. The van der Waals surface area contributed by atoms with Crippen LogP contribution in [0.1, 0.15) is 38.3 Å². The van der Waals surface area contributed by atoms with Gasteiger partial charge in [0.15, 0.2) is 0 Å². The van der Waals surface area contributed by atoms with Crippen LogP contribution < -0.4 is 10.1 Å². The van der Waals surface area contributed by atoms with Gasteiger partial charge in [0.2, 0.25) is 0 Å². The molecule has 2 nitrogen and oxygen atoms in total. The minimum absolute atomic E-state index is 0. The third-order valence-electron chi connectivity index (χ3n) is 3.25. The highest BCUT2D eigenvalue weighted by molar-refractivity contribution is 5.85. The third-order valence-corrected chi connectivity index (χ3v) is 3.25. The molecule has 1 aromatic carbocycles. The second-order valence-electron chi connectivity index (χ2n) is 5.98. The molecule has 1 atom stereocenters. The van der Waals surface area contributed by atoms with Crippen molar-refractivity contribution in [2.75, 3.05) is 13.1 Å². The van der Waals surface area contributed by atoms with Gasteiger partial charge in [0, 0.05) is 6.54 Å². The van der Waals surface area contributed by atoms with Crippen molar-refractivity contribution in [3.63, 3.8) is 0 Å². The van der Waals surface area contributed by atoms with Gasteiger partial charge in [-0.1, -0.05) is 38.5 Å². The van der Waals surface area contributed by atoms with Crippen LogP contribution in [0.25, 0.3) is 0 Å². The van der Waals surface area contributed by atoms with Crippen LogP contribution >= 0.6 is 12.4 Å². The third kappa shape index (κ3) is 3.63. The van der Waals surface area contributed by atoms with Gasteiger partial charge in [0.25, 0.3) is 0 Å². The van der Waals surface area contributed by atoms with Crippen LogP contribution in [0, 0.1) is 6.92 Å². The predicted molar refractivity (Wildman–Crippen MR) is 79.0 cm³/mol. The first-order valence-corrected chi connectivity index (χ1v) is 6.45. The molecule has 102 valence electrons. The van der Waals surface area contributed by atoms with Gasteiger partial charge >= 0.3 is 0 Å². The smallest absolute Gasteiger partial charge is 0.123 e. The van der Waals surface area contributed by atoms with Crippen LogP contribution in [0.5, 0.6) is 5.75 Å². The summed E-state index contributed by atoms with van der Waals surface area (Å²) in [6.07, 6.45) is 1.44. The Bertz CT molecular complexity index is 392. The zero-order valence-corrected chi connectivity index (χ0v) is 12.6. The summed E-state index contributed by atoms with van der Waals surface area (Å²) in [4.78, 5) is 0. The van der Waals surface area contributed by atoms with Gasteiger partial charge in [-0.25, -0.2) is 0 Å². The fraction of sp³-hybridized carbons (Fsp3) is 0.600. The lowest BCUT2D eigenvalue weighted by Crippen LogP contribution is -2.22. The van der Waals surface area contributed by atoms with Crippen molar-refractivity contribution in [3.05, 3.63) is 29.3 Å². The van der Waals surface area contributed by atoms with Gasteiger partial charge < -0.3 is 10.1 Å². The van der Waals surface area contributed by atoms with Crippen LogP contribution in [0.4, 0.5) is 0 Å². The molecule has 0 aromatic heterocycles. The first-order valence-electron chi connectivity index (χ1n) is 6.45. The van der Waals surface area contributed by atoms with E-state index in [1.807, 2.05) is 0 Å². The predicted octanol–water partition coefficient (Wildman–Crippen LogP) is 3.46. The van der Waals surface area contributed by atoms with Crippen LogP contribution in [-0.2, 0) is 5.41 Å². The Morgan fingerprint density at radius 1 is 1.28 bits per heavy atom. The lowest BCUT2D eigenvalue weighted by molar-refractivity contribution is 0.218. The van der Waals surface area contributed by atoms with Crippen LogP contribution in [0.15, 0.2) is 18.2 Å². The van der Waals surface area contributed by atoms with Crippen molar-refractivity contribution < 1.29 is 4.74 Å². The highest BCUT2D eigenvalue weighted by atomic mass is 35.5. The van der Waals surface area contributed by atoms with E-state index in [2.05, 4.69) is 51.2 Å². The molecular weight excluding hydrogens is 246 g/mol. The minimum atomic E-state index is 0. The molecule has 1 aromatic rings. The topological polar surface area (TPSA) is 21.3 Å². The van der Waals surface area contributed by atoms with Crippen molar-refractivity contribution in [2.45, 2.75) is 45.6 Å². The maximum atomic E-state index is 6.13. The van der Waals surface area contributed by atoms with Gasteiger partial charge in [-0.15, -0.1) is 12.4 Å². The standard InChI is InChI=1S/C15H23NO.ClH/c1-11-5-6-14(13(9-11)15(2,3)4)17-12-7-8-16-10-12;/h5-6,9,12,16H,7-8,10H2,1-4H3;1H. The van der Waals surface area contributed by atoms with Gasteiger partial charge in [-0.2, -0.15) is 0 Å². The average molecular weight is 270 g/mol. The second-order valence-corrected chi connectivity index (χ2v) is 5.98. The summed E-state index contributed by atoms with van der Waals surface area (Å²) in [5.74, 6) is 1.05. The van der Waals surface area contributed by atoms with Gasteiger partial charge in [-0.3, -0.25) is 0 Å². The van der Waals surface area contributed by atoms with Crippen LogP contribution in [0.2, 0.25) is 0 Å². The van der Waals surface area contributed by atoms with Gasteiger partial charge in [0.1, 0.15) is 11.9 Å². The number of hydrogen-bond donors (Lipinski definition) is 1. The van der Waals surface area contributed by atoms with E-state index in [4.69, 9.17) is 4.74 Å². The summed E-state index contributed by atoms with van der Waals surface area (Å²) in [5.41, 5.74) is 2.74. The normalized spacial score (nSPS) is 19.4. The van der Waals surface area contributed by atoms with Crippen molar-refractivity contribution >= 4 is 12.4 Å². The van der Waals surface area contributed by atoms with Crippen molar-refractivity contribution in [1.29, 1.82) is 0 Å². The summed E-state index contributed by atoms with van der Waals surface area (Å²) in [6, 6.07) is 6.50. The number of hydrogen-bond acceptors (Lipinski definition) is 2. The molecule has 1 aliphatic heterocycles. The number of ether oxygens (including phenoxy) is 1. The van der Waals surface area contributed by atoms with Crippen LogP contribution in [0.3, 0.4) is 0 Å². The first kappa shape index (κ1) is 15.3. The highest BCUT2D eigenvalue weighted by Gasteiger charge is 2.22. The molecule has 1 saturated heterocycles. The molecular formula is C15H24ClNO. The lowest BCUT2D eigenvalue weighted by Gasteiger charge is -2.25. The Labute approximate surface area is 117 Å². The van der Waals surface area contributed by atoms with Crippen molar-refractivity contribution in [1.82, 2.24) is 5.32 Å². The number of benzene rings is 1. The molecule has 0 radical (unpaired) electrons. The molecule has 0 saturated carbocycles. The number of aryl methyl sites for hydroxylation is 1. The van der Waals surface area contributed by atoms with E-state index in [1.54, 1.807) is 0 Å². The van der Waals surface area contributed by atoms with E-state index in [1.165, 1.54) is 11.1 Å². The Morgan fingerprint density at radius 2 is 2.00 bits per heavy atom. The summed E-state index contributed by atoms with van der Waals surface area (Å²) in [5, 5.41) is 3.34. The Kier molecular flexibility index (Phi) is 5.06. The Morgan fingerprint density at radius 3 is 2.56 bits per heavy atom. The summed E-state index contributed by atoms with van der Waals surface area (Å²) in [7, 11) is 0. The molecule has 1 unspecified atom stereocenters. The van der Waals surface area contributed by atoms with E-state index in [0.29, 0.717) is 6.10 Å². The second kappa shape index (κ2) is 5.94.